The quantitative estimate of drug-likeness (QED) is 0.332. The minimum Gasteiger partial charge on any atom is -0.271 e. The fraction of sp³-hybridized carbons (Fsp3) is 0.276. The van der Waals surface area contributed by atoms with Crippen molar-refractivity contribution in [2.24, 2.45) is 5.10 Å². The van der Waals surface area contributed by atoms with E-state index in [4.69, 9.17) is 5.10 Å². The molecular weight excluding hydrogens is 544 g/mol. The van der Waals surface area contributed by atoms with Crippen LogP contribution >= 0.6 is 15.9 Å². The maximum atomic E-state index is 13.9. The Bertz CT molecular complexity index is 1620. The molecule has 1 atom stereocenters. The lowest BCUT2D eigenvalue weighted by Gasteiger charge is -2.23. The molecular formula is C29H29BrN6O2. The number of rotatable bonds is 5. The fourth-order valence-electron chi connectivity index (χ4n) is 4.69. The molecule has 1 amide bonds. The van der Waals surface area contributed by atoms with Gasteiger partial charge in [-0.3, -0.25) is 14.2 Å². The highest BCUT2D eigenvalue weighted by atomic mass is 79.9. The molecule has 1 unspecified atom stereocenters. The molecule has 8 nitrogen and oxygen atoms in total. The predicted molar refractivity (Wildman–Crippen MR) is 151 cm³/mol. The van der Waals surface area contributed by atoms with Crippen molar-refractivity contribution in [3.63, 3.8) is 0 Å². The number of hydrogen-bond donors (Lipinski definition) is 0. The summed E-state index contributed by atoms with van der Waals surface area (Å²) in [6.07, 6.45) is 0.570. The summed E-state index contributed by atoms with van der Waals surface area (Å²) in [4.78, 5) is 32.0. The van der Waals surface area contributed by atoms with E-state index in [0.717, 1.165) is 38.3 Å². The van der Waals surface area contributed by atoms with Gasteiger partial charge in [0.2, 0.25) is 5.95 Å². The van der Waals surface area contributed by atoms with Crippen LogP contribution in [-0.4, -0.2) is 36.0 Å². The van der Waals surface area contributed by atoms with Gasteiger partial charge in [0, 0.05) is 27.8 Å². The summed E-state index contributed by atoms with van der Waals surface area (Å²) in [6.45, 7) is 9.13. The first kappa shape index (κ1) is 25.8. The number of hydrazone groups is 1. The van der Waals surface area contributed by atoms with Crippen LogP contribution in [0.1, 0.15) is 51.8 Å². The Morgan fingerprint density at radius 3 is 2.32 bits per heavy atom. The number of carbonyl (C=O) groups excluding carboxylic acids is 1. The average Bonchev–Trinajstić information content (AvgIpc) is 3.48. The molecule has 2 aromatic heterocycles. The summed E-state index contributed by atoms with van der Waals surface area (Å²) in [6, 6.07) is 17.7. The van der Waals surface area contributed by atoms with E-state index < -0.39 is 0 Å². The highest BCUT2D eigenvalue weighted by Crippen LogP contribution is 2.33. The minimum absolute atomic E-state index is 0.208. The molecule has 3 heterocycles. The molecule has 9 heteroatoms. The summed E-state index contributed by atoms with van der Waals surface area (Å²) in [5.41, 5.74) is 6.37. The third-order valence-electron chi connectivity index (χ3n) is 6.92. The van der Waals surface area contributed by atoms with Crippen LogP contribution in [0.25, 0.3) is 5.95 Å². The van der Waals surface area contributed by atoms with E-state index in [0.29, 0.717) is 23.6 Å². The number of amides is 1. The molecule has 0 bridgehead atoms. The van der Waals surface area contributed by atoms with Crippen LogP contribution in [0.15, 0.2) is 69.0 Å². The van der Waals surface area contributed by atoms with Gasteiger partial charge in [0.25, 0.3) is 11.5 Å². The van der Waals surface area contributed by atoms with Crippen LogP contribution in [0.5, 0.6) is 0 Å². The van der Waals surface area contributed by atoms with E-state index in [2.05, 4.69) is 26.0 Å². The van der Waals surface area contributed by atoms with Crippen molar-refractivity contribution in [2.45, 2.75) is 53.6 Å². The smallest absolute Gasteiger partial charge is 0.263 e. The van der Waals surface area contributed by atoms with E-state index in [9.17, 15) is 9.59 Å². The first-order valence-corrected chi connectivity index (χ1v) is 13.3. The highest BCUT2D eigenvalue weighted by Gasteiger charge is 2.34. The lowest BCUT2D eigenvalue weighted by atomic mass is 9.98. The first-order valence-electron chi connectivity index (χ1n) is 12.5. The maximum absolute atomic E-state index is 13.9. The van der Waals surface area contributed by atoms with Gasteiger partial charge in [-0.1, -0.05) is 57.9 Å². The van der Waals surface area contributed by atoms with Gasteiger partial charge in [-0.25, -0.2) is 14.7 Å². The molecule has 0 spiro atoms. The molecule has 5 rings (SSSR count). The van der Waals surface area contributed by atoms with Crippen molar-refractivity contribution in [2.75, 3.05) is 0 Å². The Balaban J connectivity index is 1.57. The van der Waals surface area contributed by atoms with E-state index >= 15 is 0 Å². The van der Waals surface area contributed by atoms with Gasteiger partial charge in [-0.2, -0.15) is 10.2 Å². The van der Waals surface area contributed by atoms with Crippen molar-refractivity contribution >= 4 is 27.5 Å². The third-order valence-corrected chi connectivity index (χ3v) is 7.44. The van der Waals surface area contributed by atoms with Gasteiger partial charge in [0.05, 0.1) is 17.4 Å². The minimum atomic E-state index is -0.294. The number of carbonyl (C=O) groups is 1. The Kier molecular flexibility index (Phi) is 6.88. The summed E-state index contributed by atoms with van der Waals surface area (Å²) in [5.74, 6) is 0.0258. The Morgan fingerprint density at radius 1 is 1.00 bits per heavy atom. The topological polar surface area (TPSA) is 85.4 Å². The van der Waals surface area contributed by atoms with Gasteiger partial charge in [-0.05, 0) is 63.9 Å². The number of nitrogens with zero attached hydrogens (tertiary/aromatic N) is 6. The first-order chi connectivity index (χ1) is 18.1. The van der Waals surface area contributed by atoms with Crippen LogP contribution in [0, 0.1) is 34.6 Å². The standard InChI is InChI=1S/C29H29BrN6O2/c1-17-6-8-23(9-7-17)26-15-25(22-10-12-24(30)13-11-22)33-36(26)27(37)16-34-28(38)20(4)21(5)31-29(34)35-19(3)14-18(2)32-35/h6-14,26H,15-16H2,1-5H3. The zero-order valence-corrected chi connectivity index (χ0v) is 23.7. The van der Waals surface area contributed by atoms with Gasteiger partial charge < -0.3 is 0 Å². The molecule has 0 aliphatic carbocycles. The average molecular weight is 573 g/mol. The summed E-state index contributed by atoms with van der Waals surface area (Å²) in [7, 11) is 0. The van der Waals surface area contributed by atoms with Crippen LogP contribution < -0.4 is 5.56 Å². The van der Waals surface area contributed by atoms with Gasteiger partial charge in [0.15, 0.2) is 0 Å². The lowest BCUT2D eigenvalue weighted by molar-refractivity contribution is -0.133. The molecule has 0 radical (unpaired) electrons. The summed E-state index contributed by atoms with van der Waals surface area (Å²) in [5, 5.41) is 10.8. The molecule has 0 fully saturated rings. The zero-order chi connectivity index (χ0) is 27.1. The van der Waals surface area contributed by atoms with Gasteiger partial charge >= 0.3 is 0 Å². The molecule has 1 aliphatic rings. The number of aromatic nitrogens is 4. The molecule has 38 heavy (non-hydrogen) atoms. The largest absolute Gasteiger partial charge is 0.271 e. The predicted octanol–water partition coefficient (Wildman–Crippen LogP) is 5.11. The SMILES string of the molecule is Cc1ccc(C2CC(c3ccc(Br)cc3)=NN2C(=O)Cn2c(-n3nc(C)cc3C)nc(C)c(C)c2=O)cc1. The van der Waals surface area contributed by atoms with Crippen LogP contribution in [0.2, 0.25) is 0 Å². The highest BCUT2D eigenvalue weighted by molar-refractivity contribution is 9.10. The van der Waals surface area contributed by atoms with Gasteiger partial charge in [0.1, 0.15) is 6.54 Å². The molecule has 4 aromatic rings. The van der Waals surface area contributed by atoms with E-state index in [1.165, 1.54) is 9.58 Å². The molecule has 0 saturated heterocycles. The fourth-order valence-corrected chi connectivity index (χ4v) is 4.96. The molecule has 0 N–H and O–H groups in total. The molecule has 2 aromatic carbocycles. The van der Waals surface area contributed by atoms with Crippen molar-refractivity contribution in [3.05, 3.63) is 109 Å². The van der Waals surface area contributed by atoms with Crippen molar-refractivity contribution < 1.29 is 4.79 Å². The van der Waals surface area contributed by atoms with Crippen molar-refractivity contribution in [1.29, 1.82) is 0 Å². The number of hydrogen-bond acceptors (Lipinski definition) is 5. The number of aryl methyl sites for hydroxylation is 4. The summed E-state index contributed by atoms with van der Waals surface area (Å²) < 4.78 is 4.00. The lowest BCUT2D eigenvalue weighted by Crippen LogP contribution is -2.37. The normalized spacial score (nSPS) is 15.2. The van der Waals surface area contributed by atoms with Gasteiger partial charge in [-0.15, -0.1) is 0 Å². The maximum Gasteiger partial charge on any atom is 0.263 e. The summed E-state index contributed by atoms with van der Waals surface area (Å²) >= 11 is 3.48. The van der Waals surface area contributed by atoms with Crippen LogP contribution in [0.4, 0.5) is 0 Å². The zero-order valence-electron chi connectivity index (χ0n) is 22.1. The van der Waals surface area contributed by atoms with Crippen molar-refractivity contribution in [1.82, 2.24) is 24.3 Å². The number of halogens is 1. The Hall–Kier alpha value is -3.85. The second kappa shape index (κ2) is 10.1. The Labute approximate surface area is 229 Å². The van der Waals surface area contributed by atoms with E-state index in [-0.39, 0.29) is 24.1 Å². The second-order valence-electron chi connectivity index (χ2n) is 9.77. The Morgan fingerprint density at radius 2 is 1.68 bits per heavy atom. The molecule has 0 saturated carbocycles. The van der Waals surface area contributed by atoms with Crippen LogP contribution in [-0.2, 0) is 11.3 Å². The third kappa shape index (κ3) is 4.86. The molecule has 1 aliphatic heterocycles. The van der Waals surface area contributed by atoms with E-state index in [1.807, 2.05) is 75.4 Å². The van der Waals surface area contributed by atoms with Crippen LogP contribution in [0.3, 0.4) is 0 Å². The second-order valence-corrected chi connectivity index (χ2v) is 10.7. The number of benzene rings is 2. The monoisotopic (exact) mass is 572 g/mol. The van der Waals surface area contributed by atoms with Crippen molar-refractivity contribution in [3.8, 4) is 5.95 Å². The molecule has 194 valence electrons. The van der Waals surface area contributed by atoms with E-state index in [1.54, 1.807) is 18.5 Å².